The van der Waals surface area contributed by atoms with Crippen LogP contribution < -0.4 is 11.5 Å². The minimum Gasteiger partial charge on any atom is -0.475 e. The monoisotopic (exact) mass is 246 g/mol. The summed E-state index contributed by atoms with van der Waals surface area (Å²) in [7, 11) is 0. The first kappa shape index (κ1) is 13.4. The van der Waals surface area contributed by atoms with Gasteiger partial charge in [0.05, 0.1) is 12.7 Å². The van der Waals surface area contributed by atoms with Crippen molar-refractivity contribution >= 4 is 17.8 Å². The molecule has 0 unspecified atom stereocenters. The molecule has 1 saturated heterocycles. The van der Waals surface area contributed by atoms with E-state index in [0.717, 1.165) is 0 Å². The first-order chi connectivity index (χ1) is 7.93. The molecule has 1 heterocycles. The summed E-state index contributed by atoms with van der Waals surface area (Å²) >= 11 is 0. The van der Waals surface area contributed by atoms with Gasteiger partial charge < -0.3 is 31.5 Å². The van der Waals surface area contributed by atoms with E-state index in [0.29, 0.717) is 0 Å². The maximum Gasteiger partial charge on any atom is 0.373 e. The van der Waals surface area contributed by atoms with Crippen molar-refractivity contribution in [1.29, 1.82) is 0 Å². The summed E-state index contributed by atoms with van der Waals surface area (Å²) in [6.45, 7) is -0.377. The topological polar surface area (TPSA) is 164 Å². The van der Waals surface area contributed by atoms with Crippen molar-refractivity contribution in [3.63, 3.8) is 0 Å². The van der Waals surface area contributed by atoms with Crippen molar-refractivity contribution in [3.05, 3.63) is 0 Å². The molecule has 0 amide bonds. The first-order valence-corrected chi connectivity index (χ1v) is 4.79. The molecular formula is C8H14N4O5. The van der Waals surface area contributed by atoms with Gasteiger partial charge in [0.15, 0.2) is 12.2 Å². The van der Waals surface area contributed by atoms with Gasteiger partial charge in [0, 0.05) is 6.42 Å². The number of nitrogens with two attached hydrogens (primary N) is 2. The SMILES string of the molecule is NC(N)=N/C(=N\[C@H]1C[C@H](O)[C@@H](CO)O1)C(=O)O. The van der Waals surface area contributed by atoms with Crippen LogP contribution in [-0.4, -0.2) is 58.1 Å². The lowest BCUT2D eigenvalue weighted by Gasteiger charge is -2.09. The number of rotatable bonds is 2. The highest BCUT2D eigenvalue weighted by Crippen LogP contribution is 2.21. The number of hydrogen-bond donors (Lipinski definition) is 5. The third-order valence-electron chi connectivity index (χ3n) is 2.08. The first-order valence-electron chi connectivity index (χ1n) is 4.79. The lowest BCUT2D eigenvalue weighted by Crippen LogP contribution is -2.27. The number of guanidine groups is 1. The van der Waals surface area contributed by atoms with E-state index in [1.165, 1.54) is 0 Å². The number of aliphatic hydroxyl groups excluding tert-OH is 2. The lowest BCUT2D eigenvalue weighted by molar-refractivity contribution is -0.129. The molecule has 9 heteroatoms. The molecule has 0 spiro atoms. The highest BCUT2D eigenvalue weighted by molar-refractivity contribution is 6.36. The molecule has 1 fully saturated rings. The number of amidine groups is 1. The second-order valence-corrected chi connectivity index (χ2v) is 3.41. The normalized spacial score (nSPS) is 29.1. The van der Waals surface area contributed by atoms with Crippen molar-refractivity contribution in [2.45, 2.75) is 24.9 Å². The second-order valence-electron chi connectivity index (χ2n) is 3.41. The molecule has 3 atom stereocenters. The van der Waals surface area contributed by atoms with Crippen molar-refractivity contribution < 1.29 is 24.9 Å². The number of ether oxygens (including phenoxy) is 1. The van der Waals surface area contributed by atoms with Gasteiger partial charge in [0.1, 0.15) is 6.10 Å². The van der Waals surface area contributed by atoms with Gasteiger partial charge in [0.2, 0.25) is 5.84 Å². The standard InChI is InChI=1S/C8H14N4O5/c9-8(10)12-6(7(15)16)11-5-1-3(14)4(2-13)17-5/h3-5,13-14H,1-2H2,(H,15,16)(H4,9,10,11,12)/t3-,4+,5+/m0/s1. The van der Waals surface area contributed by atoms with Gasteiger partial charge >= 0.3 is 5.97 Å². The Morgan fingerprint density at radius 3 is 2.53 bits per heavy atom. The maximum atomic E-state index is 10.7. The van der Waals surface area contributed by atoms with E-state index in [1.54, 1.807) is 0 Å². The predicted octanol–water partition coefficient (Wildman–Crippen LogP) is -2.79. The van der Waals surface area contributed by atoms with Crippen LogP contribution in [0.4, 0.5) is 0 Å². The third-order valence-corrected chi connectivity index (χ3v) is 2.08. The molecule has 0 bridgehead atoms. The summed E-state index contributed by atoms with van der Waals surface area (Å²) in [5, 5.41) is 27.0. The van der Waals surface area contributed by atoms with Crippen LogP contribution >= 0.6 is 0 Å². The Labute approximate surface area is 96.4 Å². The van der Waals surface area contributed by atoms with E-state index in [1.807, 2.05) is 0 Å². The second kappa shape index (κ2) is 5.57. The van der Waals surface area contributed by atoms with E-state index >= 15 is 0 Å². The fourth-order valence-electron chi connectivity index (χ4n) is 1.34. The molecule has 17 heavy (non-hydrogen) atoms. The number of carboxylic acid groups (broad SMARTS) is 1. The number of aliphatic carboxylic acids is 1. The Balaban J connectivity index is 2.79. The average molecular weight is 246 g/mol. The van der Waals surface area contributed by atoms with Crippen LogP contribution in [0.15, 0.2) is 9.98 Å². The van der Waals surface area contributed by atoms with Crippen LogP contribution in [0.25, 0.3) is 0 Å². The largest absolute Gasteiger partial charge is 0.475 e. The van der Waals surface area contributed by atoms with E-state index in [9.17, 15) is 9.90 Å². The minimum atomic E-state index is -1.41. The van der Waals surface area contributed by atoms with Gasteiger partial charge in [-0.1, -0.05) is 0 Å². The summed E-state index contributed by atoms with van der Waals surface area (Å²) < 4.78 is 5.08. The smallest absolute Gasteiger partial charge is 0.373 e. The molecule has 1 aliphatic heterocycles. The highest BCUT2D eigenvalue weighted by atomic mass is 16.5. The average Bonchev–Trinajstić information content (AvgIpc) is 2.57. The van der Waals surface area contributed by atoms with Gasteiger partial charge in [-0.15, -0.1) is 0 Å². The Morgan fingerprint density at radius 1 is 1.47 bits per heavy atom. The fraction of sp³-hybridized carbons (Fsp3) is 0.625. The molecule has 96 valence electrons. The molecule has 0 saturated carbocycles. The summed E-state index contributed by atoms with van der Waals surface area (Å²) in [6.07, 6.45) is -2.50. The molecule has 7 N–H and O–H groups in total. The van der Waals surface area contributed by atoms with Gasteiger partial charge in [0.25, 0.3) is 0 Å². The van der Waals surface area contributed by atoms with Crippen LogP contribution in [0.1, 0.15) is 6.42 Å². The zero-order chi connectivity index (χ0) is 13.0. The molecule has 1 aliphatic rings. The molecule has 0 aromatic carbocycles. The Morgan fingerprint density at radius 2 is 2.12 bits per heavy atom. The lowest BCUT2D eigenvalue weighted by atomic mass is 10.2. The number of carbonyl (C=O) groups is 1. The number of nitrogens with zero attached hydrogens (tertiary/aromatic N) is 2. The minimum absolute atomic E-state index is 0.0714. The molecule has 0 aliphatic carbocycles. The van der Waals surface area contributed by atoms with E-state index < -0.39 is 36.2 Å². The maximum absolute atomic E-state index is 10.7. The molecule has 0 aromatic rings. The van der Waals surface area contributed by atoms with Gasteiger partial charge in [-0.05, 0) is 0 Å². The number of carboxylic acids is 1. The van der Waals surface area contributed by atoms with E-state index in [4.69, 9.17) is 26.4 Å². The summed E-state index contributed by atoms with van der Waals surface area (Å²) in [5.41, 5.74) is 10.1. The van der Waals surface area contributed by atoms with Gasteiger partial charge in [-0.2, -0.15) is 4.99 Å². The van der Waals surface area contributed by atoms with E-state index in [-0.39, 0.29) is 13.0 Å². The molecular weight excluding hydrogens is 232 g/mol. The van der Waals surface area contributed by atoms with Gasteiger partial charge in [-0.3, -0.25) is 0 Å². The zero-order valence-electron chi connectivity index (χ0n) is 8.85. The third kappa shape index (κ3) is 3.66. The molecule has 0 aromatic heterocycles. The number of hydrogen-bond acceptors (Lipinski definition) is 5. The van der Waals surface area contributed by atoms with Crippen LogP contribution in [0.3, 0.4) is 0 Å². The van der Waals surface area contributed by atoms with Crippen LogP contribution in [0.2, 0.25) is 0 Å². The van der Waals surface area contributed by atoms with E-state index in [2.05, 4.69) is 9.98 Å². The van der Waals surface area contributed by atoms with Crippen molar-refractivity contribution in [2.75, 3.05) is 6.61 Å². The highest BCUT2D eigenvalue weighted by Gasteiger charge is 2.33. The van der Waals surface area contributed by atoms with Crippen LogP contribution in [0.5, 0.6) is 0 Å². The molecule has 0 radical (unpaired) electrons. The summed E-state index contributed by atoms with van der Waals surface area (Å²) in [5.74, 6) is -2.46. The Bertz CT molecular complexity index is 352. The summed E-state index contributed by atoms with van der Waals surface area (Å²) in [6, 6.07) is 0. The quantitative estimate of drug-likeness (QED) is 0.259. The van der Waals surface area contributed by atoms with Gasteiger partial charge in [-0.25, -0.2) is 9.79 Å². The van der Waals surface area contributed by atoms with Crippen molar-refractivity contribution in [2.24, 2.45) is 21.5 Å². The fourth-order valence-corrected chi connectivity index (χ4v) is 1.34. The van der Waals surface area contributed by atoms with Crippen LogP contribution in [-0.2, 0) is 9.53 Å². The van der Waals surface area contributed by atoms with Crippen LogP contribution in [0, 0.1) is 0 Å². The Hall–Kier alpha value is -1.71. The molecule has 9 nitrogen and oxygen atoms in total. The zero-order valence-corrected chi connectivity index (χ0v) is 8.85. The number of aliphatic imine (C=N–C) groups is 2. The summed E-state index contributed by atoms with van der Waals surface area (Å²) in [4.78, 5) is 17.7. The predicted molar refractivity (Wildman–Crippen MR) is 57.3 cm³/mol. The Kier molecular flexibility index (Phi) is 4.37. The van der Waals surface area contributed by atoms with Crippen molar-refractivity contribution in [1.82, 2.24) is 0 Å². The molecule has 1 rings (SSSR count). The number of aliphatic hydroxyl groups is 2. The van der Waals surface area contributed by atoms with Crippen molar-refractivity contribution in [3.8, 4) is 0 Å².